The Morgan fingerprint density at radius 1 is 1.13 bits per heavy atom. The molecule has 0 bridgehead atoms. The average molecular weight is 458 g/mol. The number of aliphatic imine (C=N–C) groups is 1. The molecule has 1 amide bonds. The molecular formula is C23H27N3O3S2. The Kier molecular flexibility index (Phi) is 5.87. The van der Waals surface area contributed by atoms with Gasteiger partial charge in [-0.1, -0.05) is 41.6 Å². The van der Waals surface area contributed by atoms with E-state index in [4.69, 9.17) is 4.99 Å². The summed E-state index contributed by atoms with van der Waals surface area (Å²) in [5, 5.41) is 3.70. The van der Waals surface area contributed by atoms with E-state index in [0.717, 1.165) is 33.6 Å². The number of hydrogen-bond acceptors (Lipinski definition) is 6. The smallest absolute Gasteiger partial charge is 0.234 e. The highest BCUT2D eigenvalue weighted by Crippen LogP contribution is 2.36. The molecule has 1 N–H and O–H groups in total. The third kappa shape index (κ3) is 4.50. The first-order chi connectivity index (χ1) is 14.6. The highest BCUT2D eigenvalue weighted by atomic mass is 32.2. The van der Waals surface area contributed by atoms with E-state index in [2.05, 4.69) is 11.4 Å². The van der Waals surface area contributed by atoms with E-state index in [1.807, 2.05) is 62.9 Å². The number of carbonyl (C=O) groups is 1. The maximum atomic E-state index is 12.6. The molecule has 2 aliphatic heterocycles. The molecule has 0 radical (unpaired) electrons. The van der Waals surface area contributed by atoms with Crippen LogP contribution in [-0.4, -0.2) is 48.8 Å². The molecule has 8 heteroatoms. The summed E-state index contributed by atoms with van der Waals surface area (Å²) in [7, 11) is -3.11. The summed E-state index contributed by atoms with van der Waals surface area (Å²) < 4.78 is 24.5. The largest absolute Gasteiger partial charge is 0.325 e. The number of sulfone groups is 1. The minimum absolute atomic E-state index is 0.0673. The monoisotopic (exact) mass is 457 g/mol. The van der Waals surface area contributed by atoms with Gasteiger partial charge in [-0.3, -0.25) is 9.79 Å². The molecule has 0 aromatic heterocycles. The van der Waals surface area contributed by atoms with Crippen LogP contribution < -0.4 is 10.2 Å². The summed E-state index contributed by atoms with van der Waals surface area (Å²) in [5.41, 5.74) is 6.16. The number of anilines is 2. The number of hydrogen-bond donors (Lipinski definition) is 1. The molecule has 6 nitrogen and oxygen atoms in total. The minimum atomic E-state index is -3.11. The Labute approximate surface area is 188 Å². The van der Waals surface area contributed by atoms with Crippen molar-refractivity contribution in [1.29, 1.82) is 0 Å². The molecule has 0 unspecified atom stereocenters. The van der Waals surface area contributed by atoms with Gasteiger partial charge >= 0.3 is 0 Å². The van der Waals surface area contributed by atoms with Crippen LogP contribution in [0.5, 0.6) is 0 Å². The van der Waals surface area contributed by atoms with Gasteiger partial charge in [0, 0.05) is 11.4 Å². The number of amidine groups is 1. The second kappa shape index (κ2) is 8.31. The van der Waals surface area contributed by atoms with Crippen molar-refractivity contribution in [3.8, 4) is 0 Å². The lowest BCUT2D eigenvalue weighted by Gasteiger charge is -2.28. The molecule has 1 fully saturated rings. The van der Waals surface area contributed by atoms with Crippen LogP contribution in [0.3, 0.4) is 0 Å². The molecular weight excluding hydrogens is 430 g/mol. The van der Waals surface area contributed by atoms with E-state index in [0.29, 0.717) is 5.17 Å². The van der Waals surface area contributed by atoms with Gasteiger partial charge in [-0.25, -0.2) is 8.42 Å². The van der Waals surface area contributed by atoms with Gasteiger partial charge in [-0.15, -0.1) is 0 Å². The maximum absolute atomic E-state index is 12.6. The van der Waals surface area contributed by atoms with Gasteiger partial charge in [0.05, 0.1) is 29.3 Å². The first-order valence-corrected chi connectivity index (χ1v) is 13.1. The number of benzene rings is 2. The molecule has 164 valence electrons. The first-order valence-electron chi connectivity index (χ1n) is 10.3. The number of fused-ring (bicyclic) bond motifs is 1. The topological polar surface area (TPSA) is 78.8 Å². The number of amides is 1. The van der Waals surface area contributed by atoms with Gasteiger partial charge < -0.3 is 10.2 Å². The summed E-state index contributed by atoms with van der Waals surface area (Å²) >= 11 is 1.36. The maximum Gasteiger partial charge on any atom is 0.234 e. The number of nitrogens with zero attached hydrogens (tertiary/aromatic N) is 2. The van der Waals surface area contributed by atoms with Crippen molar-refractivity contribution in [3.05, 3.63) is 58.7 Å². The predicted octanol–water partition coefficient (Wildman–Crippen LogP) is 3.63. The highest BCUT2D eigenvalue weighted by molar-refractivity contribution is 8.14. The fraction of sp³-hybridized carbons (Fsp3) is 0.391. The predicted molar refractivity (Wildman–Crippen MR) is 129 cm³/mol. The van der Waals surface area contributed by atoms with Gasteiger partial charge in [0.2, 0.25) is 5.91 Å². The Balaban J connectivity index is 1.54. The van der Waals surface area contributed by atoms with Gasteiger partial charge in [0.1, 0.15) is 0 Å². The molecule has 0 aliphatic carbocycles. The van der Waals surface area contributed by atoms with E-state index in [1.165, 1.54) is 11.8 Å². The fourth-order valence-electron chi connectivity index (χ4n) is 4.19. The van der Waals surface area contributed by atoms with E-state index in [1.54, 1.807) is 0 Å². The second-order valence-corrected chi connectivity index (χ2v) is 11.5. The van der Waals surface area contributed by atoms with Crippen molar-refractivity contribution in [2.45, 2.75) is 39.8 Å². The molecule has 2 aromatic rings. The molecule has 0 spiro atoms. The van der Waals surface area contributed by atoms with Gasteiger partial charge in [-0.2, -0.15) is 0 Å². The van der Waals surface area contributed by atoms with Gasteiger partial charge in [0.25, 0.3) is 0 Å². The molecule has 31 heavy (non-hydrogen) atoms. The Hall–Kier alpha value is -2.32. The molecule has 2 atom stereocenters. The van der Waals surface area contributed by atoms with Crippen molar-refractivity contribution >= 4 is 44.0 Å². The summed E-state index contributed by atoms with van der Waals surface area (Å²) in [4.78, 5) is 19.4. The third-order valence-corrected chi connectivity index (χ3v) is 8.60. The van der Waals surface area contributed by atoms with E-state index < -0.39 is 9.84 Å². The van der Waals surface area contributed by atoms with Crippen LogP contribution >= 0.6 is 11.8 Å². The SMILES string of the molecule is Cc1ccc(N2C(SCC(=O)Nc3cccc(C)c3C)=N[C@@H]3CS(=O)(=O)C[C@@H]32)c(C)c1. The summed E-state index contributed by atoms with van der Waals surface area (Å²) in [6, 6.07) is 11.5. The van der Waals surface area contributed by atoms with Gasteiger partial charge in [0.15, 0.2) is 15.0 Å². The lowest BCUT2D eigenvalue weighted by molar-refractivity contribution is -0.113. The zero-order valence-electron chi connectivity index (χ0n) is 18.2. The number of thioether (sulfide) groups is 1. The highest BCUT2D eigenvalue weighted by Gasteiger charge is 2.47. The van der Waals surface area contributed by atoms with Crippen molar-refractivity contribution in [1.82, 2.24) is 0 Å². The van der Waals surface area contributed by atoms with E-state index in [-0.39, 0.29) is 35.2 Å². The second-order valence-electron chi connectivity index (χ2n) is 8.37. The zero-order valence-corrected chi connectivity index (χ0v) is 19.8. The average Bonchev–Trinajstić information content (AvgIpc) is 3.15. The Morgan fingerprint density at radius 2 is 1.90 bits per heavy atom. The molecule has 0 saturated carbocycles. The van der Waals surface area contributed by atoms with Crippen molar-refractivity contribution in [3.63, 3.8) is 0 Å². The number of aryl methyl sites for hydroxylation is 3. The van der Waals surface area contributed by atoms with Crippen molar-refractivity contribution in [2.24, 2.45) is 4.99 Å². The lowest BCUT2D eigenvalue weighted by Crippen LogP contribution is -2.39. The van der Waals surface area contributed by atoms with Crippen LogP contribution in [0, 0.1) is 27.7 Å². The molecule has 2 aromatic carbocycles. The standard InChI is InChI=1S/C23H27N3O3S2/c1-14-8-9-20(16(3)10-14)26-21-13-31(28,29)12-19(21)25-23(26)30-11-22(27)24-18-7-5-6-15(2)17(18)4/h5-10,19,21H,11-13H2,1-4H3,(H,24,27)/t19-,21+/m1/s1. The van der Waals surface area contributed by atoms with Crippen LogP contribution in [0.1, 0.15) is 22.3 Å². The van der Waals surface area contributed by atoms with Crippen LogP contribution in [0.15, 0.2) is 41.4 Å². The third-order valence-electron chi connectivity index (χ3n) is 5.93. The minimum Gasteiger partial charge on any atom is -0.325 e. The number of rotatable bonds is 4. The Morgan fingerprint density at radius 3 is 2.65 bits per heavy atom. The van der Waals surface area contributed by atoms with Gasteiger partial charge in [-0.05, 0) is 56.5 Å². The molecule has 4 rings (SSSR count). The van der Waals surface area contributed by atoms with Crippen LogP contribution in [0.2, 0.25) is 0 Å². The van der Waals surface area contributed by atoms with E-state index >= 15 is 0 Å². The summed E-state index contributed by atoms with van der Waals surface area (Å²) in [5.74, 6) is 0.261. The number of nitrogens with one attached hydrogen (secondary N) is 1. The summed E-state index contributed by atoms with van der Waals surface area (Å²) in [6.07, 6.45) is 0. The van der Waals surface area contributed by atoms with E-state index in [9.17, 15) is 13.2 Å². The fourth-order valence-corrected chi connectivity index (χ4v) is 6.95. The van der Waals surface area contributed by atoms with Crippen molar-refractivity contribution < 1.29 is 13.2 Å². The normalized spacial score (nSPS) is 21.7. The van der Waals surface area contributed by atoms with Crippen molar-refractivity contribution in [2.75, 3.05) is 27.5 Å². The molecule has 2 aliphatic rings. The Bertz CT molecular complexity index is 1170. The zero-order chi connectivity index (χ0) is 22.3. The molecule has 2 heterocycles. The van der Waals surface area contributed by atoms with Crippen LogP contribution in [-0.2, 0) is 14.6 Å². The summed E-state index contributed by atoms with van der Waals surface area (Å²) in [6.45, 7) is 8.06. The van der Waals surface area contributed by atoms with Crippen LogP contribution in [0.25, 0.3) is 0 Å². The quantitative estimate of drug-likeness (QED) is 0.758. The lowest BCUT2D eigenvalue weighted by atomic mass is 10.1. The van der Waals surface area contributed by atoms with Crippen LogP contribution in [0.4, 0.5) is 11.4 Å². The number of carbonyl (C=O) groups excluding carboxylic acids is 1. The first kappa shape index (κ1) is 21.9. The molecule has 1 saturated heterocycles.